The predicted octanol–water partition coefficient (Wildman–Crippen LogP) is 5.77. The lowest BCUT2D eigenvalue weighted by atomic mass is 10.1. The molecule has 1 aromatic heterocycles. The number of carbonyl (C=O) groups excluding carboxylic acids is 1. The highest BCUT2D eigenvalue weighted by atomic mass is 32.2. The smallest absolute Gasteiger partial charge is 0.211 e. The number of ketones is 1. The van der Waals surface area contributed by atoms with Gasteiger partial charge in [0, 0.05) is 11.3 Å². The first-order valence-corrected chi connectivity index (χ1v) is 13.3. The molecule has 4 rings (SSSR count). The van der Waals surface area contributed by atoms with Gasteiger partial charge >= 0.3 is 0 Å². The molecular formula is C27H26N2O5S2. The highest BCUT2D eigenvalue weighted by Crippen LogP contribution is 2.44. The number of rotatable bonds is 8. The third kappa shape index (κ3) is 4.80. The molecule has 0 bridgehead atoms. The number of nitrogens with one attached hydrogen (secondary N) is 1. The predicted molar refractivity (Wildman–Crippen MR) is 143 cm³/mol. The largest absolute Gasteiger partial charge is 0.497 e. The molecule has 0 aliphatic carbocycles. The molecule has 0 amide bonds. The van der Waals surface area contributed by atoms with Crippen molar-refractivity contribution < 1.29 is 22.7 Å². The van der Waals surface area contributed by atoms with Crippen LogP contribution >= 0.6 is 11.3 Å². The van der Waals surface area contributed by atoms with E-state index in [4.69, 9.17) is 15.2 Å². The van der Waals surface area contributed by atoms with E-state index in [1.807, 2.05) is 32.0 Å². The summed E-state index contributed by atoms with van der Waals surface area (Å²) in [4.78, 5) is 13.5. The fraction of sp³-hybridized carbons (Fsp3) is 0.148. The SMILES string of the molecule is COc1ccc(S(=O)(=O)c2c(Nc3cc(C)ccc3C)sc(C(=O)c3cccc(OC)c3)c2N)cc1. The molecule has 0 radical (unpaired) electrons. The first kappa shape index (κ1) is 25.3. The summed E-state index contributed by atoms with van der Waals surface area (Å²) in [6.45, 7) is 3.86. The van der Waals surface area contributed by atoms with Crippen LogP contribution in [0.4, 0.5) is 16.4 Å². The van der Waals surface area contributed by atoms with Gasteiger partial charge in [-0.2, -0.15) is 0 Å². The van der Waals surface area contributed by atoms with Gasteiger partial charge in [-0.05, 0) is 67.4 Å². The van der Waals surface area contributed by atoms with Crippen molar-refractivity contribution in [3.63, 3.8) is 0 Å². The minimum atomic E-state index is -4.09. The van der Waals surface area contributed by atoms with Crippen molar-refractivity contribution in [3.8, 4) is 11.5 Å². The van der Waals surface area contributed by atoms with E-state index < -0.39 is 15.6 Å². The quantitative estimate of drug-likeness (QED) is 0.283. The number of ether oxygens (including phenoxy) is 2. The lowest BCUT2D eigenvalue weighted by Crippen LogP contribution is -2.08. The van der Waals surface area contributed by atoms with Crippen LogP contribution in [-0.4, -0.2) is 28.4 Å². The maximum absolute atomic E-state index is 13.8. The molecule has 0 fully saturated rings. The van der Waals surface area contributed by atoms with Gasteiger partial charge in [-0.25, -0.2) is 8.42 Å². The van der Waals surface area contributed by atoms with Gasteiger partial charge in [0.2, 0.25) is 15.6 Å². The molecule has 3 aromatic carbocycles. The van der Waals surface area contributed by atoms with Crippen molar-refractivity contribution >= 4 is 43.3 Å². The second-order valence-corrected chi connectivity index (χ2v) is 11.1. The molecular weight excluding hydrogens is 496 g/mol. The number of methoxy groups -OCH3 is 2. The van der Waals surface area contributed by atoms with Gasteiger partial charge in [0.15, 0.2) is 0 Å². The molecule has 3 N–H and O–H groups in total. The van der Waals surface area contributed by atoms with E-state index in [1.165, 1.54) is 26.4 Å². The van der Waals surface area contributed by atoms with Crippen LogP contribution in [0, 0.1) is 13.8 Å². The lowest BCUT2D eigenvalue weighted by molar-refractivity contribution is 0.104. The van der Waals surface area contributed by atoms with Crippen LogP contribution < -0.4 is 20.5 Å². The summed E-state index contributed by atoms with van der Waals surface area (Å²) in [6, 6.07) is 18.5. The molecule has 7 nitrogen and oxygen atoms in total. The van der Waals surface area contributed by atoms with Crippen LogP contribution in [0.25, 0.3) is 0 Å². The van der Waals surface area contributed by atoms with E-state index >= 15 is 0 Å². The monoisotopic (exact) mass is 522 g/mol. The minimum absolute atomic E-state index is 0.0391. The molecule has 9 heteroatoms. The molecule has 36 heavy (non-hydrogen) atoms. The maximum atomic E-state index is 13.8. The van der Waals surface area contributed by atoms with E-state index in [2.05, 4.69) is 5.32 Å². The number of hydrogen-bond donors (Lipinski definition) is 2. The van der Waals surface area contributed by atoms with Crippen molar-refractivity contribution in [1.82, 2.24) is 0 Å². The number of nitrogen functional groups attached to an aromatic ring is 1. The summed E-state index contributed by atoms with van der Waals surface area (Å²) in [6.07, 6.45) is 0. The minimum Gasteiger partial charge on any atom is -0.497 e. The van der Waals surface area contributed by atoms with Gasteiger partial charge in [-0.1, -0.05) is 24.3 Å². The number of anilines is 3. The first-order chi connectivity index (χ1) is 17.1. The molecule has 0 atom stereocenters. The Morgan fingerprint density at radius 1 is 0.917 bits per heavy atom. The van der Waals surface area contributed by atoms with Crippen molar-refractivity contribution in [1.29, 1.82) is 0 Å². The Balaban J connectivity index is 1.89. The Bertz CT molecular complexity index is 1540. The normalized spacial score (nSPS) is 11.2. The summed E-state index contributed by atoms with van der Waals surface area (Å²) in [5.74, 6) is 0.641. The van der Waals surface area contributed by atoms with Crippen LogP contribution in [0.3, 0.4) is 0 Å². The van der Waals surface area contributed by atoms with Crippen LogP contribution in [0.1, 0.15) is 26.4 Å². The van der Waals surface area contributed by atoms with Crippen molar-refractivity contribution in [2.24, 2.45) is 0 Å². The average molecular weight is 523 g/mol. The Labute approximate surface area is 214 Å². The van der Waals surface area contributed by atoms with Gasteiger partial charge in [-0.15, -0.1) is 11.3 Å². The number of hydrogen-bond acceptors (Lipinski definition) is 8. The Morgan fingerprint density at radius 2 is 1.61 bits per heavy atom. The molecule has 4 aromatic rings. The summed E-state index contributed by atoms with van der Waals surface area (Å²) in [5.41, 5.74) is 9.31. The van der Waals surface area contributed by atoms with Crippen molar-refractivity contribution in [2.75, 3.05) is 25.3 Å². The molecule has 0 unspecified atom stereocenters. The molecule has 0 saturated carbocycles. The van der Waals surface area contributed by atoms with E-state index in [1.54, 1.807) is 36.4 Å². The van der Waals surface area contributed by atoms with E-state index in [0.717, 1.165) is 28.2 Å². The summed E-state index contributed by atoms with van der Waals surface area (Å²) >= 11 is 1.01. The summed E-state index contributed by atoms with van der Waals surface area (Å²) in [7, 11) is -1.07. The second kappa shape index (κ2) is 10.0. The highest BCUT2D eigenvalue weighted by molar-refractivity contribution is 7.92. The number of thiophene rings is 1. The van der Waals surface area contributed by atoms with Gasteiger partial charge in [-0.3, -0.25) is 4.79 Å². The number of aryl methyl sites for hydroxylation is 2. The Hall–Kier alpha value is -3.82. The maximum Gasteiger partial charge on any atom is 0.211 e. The molecule has 0 aliphatic heterocycles. The standard InChI is InChI=1S/C27H26N2O5S2/c1-16-8-9-17(2)22(14-16)29-27-26(36(31,32)21-12-10-19(33-3)11-13-21)23(28)25(35-27)24(30)18-6-5-7-20(15-18)34-4/h5-15,29H,28H2,1-4H3. The molecule has 0 spiro atoms. The van der Waals surface area contributed by atoms with Crippen LogP contribution in [-0.2, 0) is 9.84 Å². The van der Waals surface area contributed by atoms with E-state index in [0.29, 0.717) is 17.1 Å². The van der Waals surface area contributed by atoms with Crippen molar-refractivity contribution in [3.05, 3.63) is 88.3 Å². The number of carbonyl (C=O) groups is 1. The summed E-state index contributed by atoms with van der Waals surface area (Å²) < 4.78 is 38.0. The third-order valence-electron chi connectivity index (χ3n) is 5.72. The highest BCUT2D eigenvalue weighted by Gasteiger charge is 2.32. The fourth-order valence-electron chi connectivity index (χ4n) is 3.71. The molecule has 1 heterocycles. The number of benzene rings is 3. The average Bonchev–Trinajstić information content (AvgIpc) is 3.21. The zero-order valence-corrected chi connectivity index (χ0v) is 21.9. The van der Waals surface area contributed by atoms with Gasteiger partial charge in [0.1, 0.15) is 26.3 Å². The molecule has 186 valence electrons. The second-order valence-electron chi connectivity index (χ2n) is 8.19. The van der Waals surface area contributed by atoms with Gasteiger partial charge in [0.05, 0.1) is 24.8 Å². The van der Waals surface area contributed by atoms with Crippen LogP contribution in [0.2, 0.25) is 0 Å². The third-order valence-corrected chi connectivity index (χ3v) is 8.82. The van der Waals surface area contributed by atoms with Crippen LogP contribution in [0.15, 0.2) is 76.5 Å². The number of nitrogens with two attached hydrogens (primary N) is 1. The Kier molecular flexibility index (Phi) is 7.05. The first-order valence-electron chi connectivity index (χ1n) is 11.0. The molecule has 0 saturated heterocycles. The van der Waals surface area contributed by atoms with Crippen molar-refractivity contribution in [2.45, 2.75) is 23.6 Å². The number of sulfone groups is 1. The Morgan fingerprint density at radius 3 is 2.28 bits per heavy atom. The molecule has 0 aliphatic rings. The van der Waals surface area contributed by atoms with E-state index in [-0.39, 0.29) is 25.4 Å². The topological polar surface area (TPSA) is 108 Å². The zero-order valence-electron chi connectivity index (χ0n) is 20.3. The van der Waals surface area contributed by atoms with Gasteiger partial charge < -0.3 is 20.5 Å². The summed E-state index contributed by atoms with van der Waals surface area (Å²) in [5, 5.41) is 3.49. The van der Waals surface area contributed by atoms with Gasteiger partial charge in [0.25, 0.3) is 0 Å². The lowest BCUT2D eigenvalue weighted by Gasteiger charge is -2.12. The fourth-order valence-corrected chi connectivity index (χ4v) is 6.63. The van der Waals surface area contributed by atoms with Crippen LogP contribution in [0.5, 0.6) is 11.5 Å². The van der Waals surface area contributed by atoms with E-state index in [9.17, 15) is 13.2 Å². The zero-order chi connectivity index (χ0) is 26.0.